The van der Waals surface area contributed by atoms with E-state index in [2.05, 4.69) is 10.0 Å². The van der Waals surface area contributed by atoms with E-state index in [1.54, 1.807) is 33.1 Å². The van der Waals surface area contributed by atoms with E-state index in [0.717, 1.165) is 22.3 Å². The van der Waals surface area contributed by atoms with E-state index >= 15 is 0 Å². The minimum atomic E-state index is -3.76. The highest BCUT2D eigenvalue weighted by atomic mass is 32.2. The van der Waals surface area contributed by atoms with Crippen LogP contribution in [0.2, 0.25) is 0 Å². The van der Waals surface area contributed by atoms with Gasteiger partial charge in [0.05, 0.1) is 7.11 Å². The van der Waals surface area contributed by atoms with Crippen LogP contribution < -0.4 is 14.8 Å². The number of hydrogen-bond acceptors (Lipinski definition) is 4. The van der Waals surface area contributed by atoms with Gasteiger partial charge in [-0.05, 0) is 41.7 Å². The molecule has 0 aliphatic heterocycles. The molecule has 0 aliphatic carbocycles. The molecule has 6 nitrogen and oxygen atoms in total. The Balaban J connectivity index is 1.93. The van der Waals surface area contributed by atoms with Crippen LogP contribution in [-0.4, -0.2) is 34.0 Å². The number of carbonyl (C=O) groups excluding carboxylic acids is 1. The van der Waals surface area contributed by atoms with Crippen LogP contribution in [0.25, 0.3) is 6.08 Å². The van der Waals surface area contributed by atoms with Gasteiger partial charge in [-0.1, -0.05) is 56.3 Å². The third kappa shape index (κ3) is 7.71. The van der Waals surface area contributed by atoms with Crippen LogP contribution in [0, 0.1) is 5.92 Å². The van der Waals surface area contributed by atoms with E-state index in [-0.39, 0.29) is 11.8 Å². The molecule has 29 heavy (non-hydrogen) atoms. The largest absolute Gasteiger partial charge is 0.497 e. The first-order chi connectivity index (χ1) is 13.8. The van der Waals surface area contributed by atoms with Crippen molar-refractivity contribution in [3.05, 3.63) is 71.1 Å². The maximum absolute atomic E-state index is 12.5. The average Bonchev–Trinajstić information content (AvgIpc) is 2.71. The van der Waals surface area contributed by atoms with Crippen LogP contribution in [0.3, 0.4) is 0 Å². The highest BCUT2D eigenvalue weighted by Crippen LogP contribution is 2.11. The molecule has 2 rings (SSSR count). The van der Waals surface area contributed by atoms with Gasteiger partial charge in [-0.15, -0.1) is 0 Å². The lowest BCUT2D eigenvalue weighted by molar-refractivity contribution is -0.123. The fourth-order valence-electron chi connectivity index (χ4n) is 2.67. The van der Waals surface area contributed by atoms with Gasteiger partial charge in [-0.3, -0.25) is 4.79 Å². The van der Waals surface area contributed by atoms with Crippen molar-refractivity contribution in [2.24, 2.45) is 5.92 Å². The lowest BCUT2D eigenvalue weighted by atomic mass is 10.0. The Morgan fingerprint density at radius 2 is 1.72 bits per heavy atom. The molecule has 0 fully saturated rings. The number of benzene rings is 2. The first-order valence-electron chi connectivity index (χ1n) is 9.47. The Bertz CT molecular complexity index is 908. The zero-order valence-electron chi connectivity index (χ0n) is 17.0. The number of ether oxygens (including phenoxy) is 1. The summed E-state index contributed by atoms with van der Waals surface area (Å²) >= 11 is 0. The summed E-state index contributed by atoms with van der Waals surface area (Å²) in [5.41, 5.74) is 1.82. The van der Waals surface area contributed by atoms with Crippen LogP contribution in [0.4, 0.5) is 0 Å². The minimum absolute atomic E-state index is 0.198. The molecular formula is C22H28N2O4S. The lowest BCUT2D eigenvalue weighted by Crippen LogP contribution is -2.49. The fraction of sp³-hybridized carbons (Fsp3) is 0.318. The van der Waals surface area contributed by atoms with Crippen molar-refractivity contribution in [1.29, 1.82) is 0 Å². The second-order valence-electron chi connectivity index (χ2n) is 6.99. The Hall–Kier alpha value is -2.64. The molecule has 7 heteroatoms. The molecule has 2 aromatic rings. The van der Waals surface area contributed by atoms with Gasteiger partial charge < -0.3 is 10.1 Å². The Labute approximate surface area is 173 Å². The molecule has 1 atom stereocenters. The summed E-state index contributed by atoms with van der Waals surface area (Å²) in [7, 11) is -2.15. The van der Waals surface area contributed by atoms with Gasteiger partial charge in [-0.25, -0.2) is 8.42 Å². The van der Waals surface area contributed by atoms with Crippen molar-refractivity contribution in [2.45, 2.75) is 26.3 Å². The number of amides is 1. The molecule has 0 aromatic heterocycles. The zero-order valence-corrected chi connectivity index (χ0v) is 17.8. The Morgan fingerprint density at radius 1 is 1.07 bits per heavy atom. The van der Waals surface area contributed by atoms with E-state index in [9.17, 15) is 13.2 Å². The second kappa shape index (κ2) is 10.8. The predicted octanol–water partition coefficient (Wildman–Crippen LogP) is 2.97. The quantitative estimate of drug-likeness (QED) is 0.624. The van der Waals surface area contributed by atoms with Gasteiger partial charge in [0.15, 0.2) is 0 Å². The van der Waals surface area contributed by atoms with Gasteiger partial charge in [0.1, 0.15) is 11.8 Å². The molecule has 0 saturated heterocycles. The molecule has 0 heterocycles. The number of methoxy groups -OCH3 is 1. The summed E-state index contributed by atoms with van der Waals surface area (Å²) in [5.74, 6) is 0.233. The van der Waals surface area contributed by atoms with Gasteiger partial charge in [0.2, 0.25) is 15.9 Å². The lowest BCUT2D eigenvalue weighted by Gasteiger charge is -2.20. The highest BCUT2D eigenvalue weighted by molar-refractivity contribution is 7.92. The van der Waals surface area contributed by atoms with Crippen molar-refractivity contribution < 1.29 is 17.9 Å². The molecule has 2 aromatic carbocycles. The molecule has 1 unspecified atom stereocenters. The summed E-state index contributed by atoms with van der Waals surface area (Å²) in [6.45, 7) is 4.02. The minimum Gasteiger partial charge on any atom is -0.497 e. The molecule has 0 bridgehead atoms. The second-order valence-corrected chi connectivity index (χ2v) is 8.58. The number of hydrogen-bond donors (Lipinski definition) is 2. The molecular weight excluding hydrogens is 388 g/mol. The number of carbonyl (C=O) groups is 1. The third-order valence-corrected chi connectivity index (χ3v) is 5.43. The van der Waals surface area contributed by atoms with Crippen LogP contribution >= 0.6 is 0 Å². The normalized spacial score (nSPS) is 12.8. The molecule has 0 spiro atoms. The first kappa shape index (κ1) is 22.6. The molecule has 1 amide bonds. The van der Waals surface area contributed by atoms with Crippen LogP contribution in [0.15, 0.2) is 60.0 Å². The van der Waals surface area contributed by atoms with Crippen LogP contribution in [0.1, 0.15) is 25.0 Å². The third-order valence-electron chi connectivity index (χ3n) is 4.35. The summed E-state index contributed by atoms with van der Waals surface area (Å²) in [6, 6.07) is 15.9. The molecule has 0 aliphatic rings. The number of nitrogens with one attached hydrogen (secondary N) is 2. The summed E-state index contributed by atoms with van der Waals surface area (Å²) in [5, 5.41) is 3.90. The van der Waals surface area contributed by atoms with Crippen molar-refractivity contribution in [1.82, 2.24) is 10.0 Å². The van der Waals surface area contributed by atoms with Crippen molar-refractivity contribution in [3.8, 4) is 5.75 Å². The number of rotatable bonds is 10. The zero-order chi connectivity index (χ0) is 21.3. The van der Waals surface area contributed by atoms with Gasteiger partial charge in [-0.2, -0.15) is 4.72 Å². The predicted molar refractivity (Wildman–Crippen MR) is 116 cm³/mol. The smallest absolute Gasteiger partial charge is 0.238 e. The van der Waals surface area contributed by atoms with E-state index in [0.29, 0.717) is 13.0 Å². The average molecular weight is 417 g/mol. The maximum atomic E-state index is 12.5. The van der Waals surface area contributed by atoms with Crippen molar-refractivity contribution in [3.63, 3.8) is 0 Å². The van der Waals surface area contributed by atoms with Crippen LogP contribution in [-0.2, 0) is 21.2 Å². The standard InChI is InChI=1S/C22H28N2O4S/c1-17(2)21(24-29(26,27)16-14-18-7-5-4-6-8-18)22(25)23-15-13-19-9-11-20(28-3)12-10-19/h4-12,14,16-17,21,24H,13,15H2,1-3H3,(H,23,25)/b16-14+. The number of sulfonamides is 1. The van der Waals surface area contributed by atoms with Crippen LogP contribution in [0.5, 0.6) is 5.75 Å². The highest BCUT2D eigenvalue weighted by Gasteiger charge is 2.25. The summed E-state index contributed by atoms with van der Waals surface area (Å²) < 4.78 is 32.4. The van der Waals surface area contributed by atoms with E-state index in [1.807, 2.05) is 42.5 Å². The van der Waals surface area contributed by atoms with E-state index < -0.39 is 16.1 Å². The molecule has 2 N–H and O–H groups in total. The van der Waals surface area contributed by atoms with E-state index in [4.69, 9.17) is 4.74 Å². The van der Waals surface area contributed by atoms with Gasteiger partial charge in [0.25, 0.3) is 0 Å². The molecule has 156 valence electrons. The van der Waals surface area contributed by atoms with Crippen molar-refractivity contribution >= 4 is 22.0 Å². The molecule has 0 saturated carbocycles. The first-order valence-corrected chi connectivity index (χ1v) is 11.0. The summed E-state index contributed by atoms with van der Waals surface area (Å²) in [6.07, 6.45) is 2.14. The fourth-order valence-corrected chi connectivity index (χ4v) is 3.82. The van der Waals surface area contributed by atoms with Gasteiger partial charge in [0, 0.05) is 12.0 Å². The Morgan fingerprint density at radius 3 is 2.31 bits per heavy atom. The topological polar surface area (TPSA) is 84.5 Å². The van der Waals surface area contributed by atoms with Crippen molar-refractivity contribution in [2.75, 3.05) is 13.7 Å². The SMILES string of the molecule is COc1ccc(CCNC(=O)C(NS(=O)(=O)/C=C/c2ccccc2)C(C)C)cc1. The monoisotopic (exact) mass is 416 g/mol. The molecule has 0 radical (unpaired) electrons. The summed E-state index contributed by atoms with van der Waals surface area (Å²) in [4.78, 5) is 12.5. The Kier molecular flexibility index (Phi) is 8.42. The van der Waals surface area contributed by atoms with E-state index in [1.165, 1.54) is 6.08 Å². The van der Waals surface area contributed by atoms with Gasteiger partial charge >= 0.3 is 0 Å². The maximum Gasteiger partial charge on any atom is 0.238 e.